The molecule has 0 aliphatic carbocycles. The molecule has 106 valence electrons. The summed E-state index contributed by atoms with van der Waals surface area (Å²) in [5, 5.41) is 11.0. The van der Waals surface area contributed by atoms with E-state index in [1.165, 1.54) is 0 Å². The molecule has 1 heterocycles. The lowest BCUT2D eigenvalue weighted by Gasteiger charge is -2.21. The molecule has 0 spiro atoms. The Bertz CT molecular complexity index is 578. The van der Waals surface area contributed by atoms with Crippen LogP contribution in [0.1, 0.15) is 17.2 Å². The van der Waals surface area contributed by atoms with Gasteiger partial charge >= 0.3 is 0 Å². The monoisotopic (exact) mass is 337 g/mol. The maximum absolute atomic E-state index is 5.52. The van der Waals surface area contributed by atoms with Gasteiger partial charge in [0.25, 0.3) is 0 Å². The van der Waals surface area contributed by atoms with Gasteiger partial charge in [-0.1, -0.05) is 0 Å². The second-order valence-electron chi connectivity index (χ2n) is 4.10. The van der Waals surface area contributed by atoms with Crippen LogP contribution in [0.2, 0.25) is 0 Å². The molecule has 0 saturated heterocycles. The third-order valence-electron chi connectivity index (χ3n) is 3.06. The van der Waals surface area contributed by atoms with E-state index in [2.05, 4.69) is 31.4 Å². The summed E-state index contributed by atoms with van der Waals surface area (Å²) in [6, 6.07) is 5.76. The van der Waals surface area contributed by atoms with E-state index in [0.717, 1.165) is 27.1 Å². The Kier molecular flexibility index (Phi) is 4.92. The van der Waals surface area contributed by atoms with E-state index in [-0.39, 0.29) is 6.04 Å². The van der Waals surface area contributed by atoms with Gasteiger partial charge in [-0.15, -0.1) is 0 Å². The first kappa shape index (κ1) is 14.7. The van der Waals surface area contributed by atoms with Gasteiger partial charge in [-0.25, -0.2) is 0 Å². The van der Waals surface area contributed by atoms with Crippen molar-refractivity contribution in [3.8, 4) is 11.5 Å². The molecule has 5 nitrogen and oxygen atoms in total. The van der Waals surface area contributed by atoms with Crippen molar-refractivity contribution >= 4 is 15.9 Å². The van der Waals surface area contributed by atoms with Gasteiger partial charge < -0.3 is 14.8 Å². The molecule has 0 saturated carbocycles. The number of nitrogens with one attached hydrogen (secondary N) is 1. The number of methoxy groups -OCH3 is 2. The van der Waals surface area contributed by atoms with E-state index >= 15 is 0 Å². The summed E-state index contributed by atoms with van der Waals surface area (Å²) in [6.45, 7) is 0. The minimum atomic E-state index is -0.0392. The highest BCUT2D eigenvalue weighted by Crippen LogP contribution is 2.40. The minimum Gasteiger partial charge on any atom is -0.495 e. The zero-order chi connectivity index (χ0) is 14.5. The molecular formula is C14H16BrN3O2. The van der Waals surface area contributed by atoms with Crippen LogP contribution in [0.4, 0.5) is 0 Å². The van der Waals surface area contributed by atoms with E-state index in [4.69, 9.17) is 9.47 Å². The summed E-state index contributed by atoms with van der Waals surface area (Å²) in [5.41, 5.74) is 2.01. The Morgan fingerprint density at radius 3 is 2.50 bits per heavy atom. The summed E-state index contributed by atoms with van der Waals surface area (Å²) in [4.78, 5) is 0. The third-order valence-corrected chi connectivity index (χ3v) is 3.81. The summed E-state index contributed by atoms with van der Waals surface area (Å²) in [5.74, 6) is 1.47. The van der Waals surface area contributed by atoms with Crippen molar-refractivity contribution in [1.29, 1.82) is 0 Å². The quantitative estimate of drug-likeness (QED) is 0.908. The normalized spacial score (nSPS) is 12.0. The highest BCUT2D eigenvalue weighted by Gasteiger charge is 2.20. The molecule has 0 bridgehead atoms. The number of ether oxygens (including phenoxy) is 2. The summed E-state index contributed by atoms with van der Waals surface area (Å²) >= 11 is 3.52. The average Bonchev–Trinajstić information content (AvgIpc) is 2.49. The lowest BCUT2D eigenvalue weighted by Crippen LogP contribution is -2.19. The van der Waals surface area contributed by atoms with E-state index in [1.807, 2.05) is 25.2 Å². The molecule has 0 radical (unpaired) electrons. The number of aromatic nitrogens is 2. The molecule has 0 amide bonds. The van der Waals surface area contributed by atoms with Crippen molar-refractivity contribution in [3.05, 3.63) is 46.2 Å². The van der Waals surface area contributed by atoms with E-state index < -0.39 is 0 Å². The van der Waals surface area contributed by atoms with E-state index in [1.54, 1.807) is 26.6 Å². The molecular weight excluding hydrogens is 322 g/mol. The first-order valence-corrected chi connectivity index (χ1v) is 6.86. The third kappa shape index (κ3) is 2.76. The first-order valence-electron chi connectivity index (χ1n) is 6.07. The number of halogens is 1. The average molecular weight is 338 g/mol. The largest absolute Gasteiger partial charge is 0.495 e. The van der Waals surface area contributed by atoms with Gasteiger partial charge in [0.1, 0.15) is 16.0 Å². The maximum Gasteiger partial charge on any atom is 0.141 e. The maximum atomic E-state index is 5.52. The van der Waals surface area contributed by atoms with Crippen LogP contribution in [0.25, 0.3) is 0 Å². The molecule has 1 unspecified atom stereocenters. The van der Waals surface area contributed by atoms with Gasteiger partial charge in [0, 0.05) is 11.8 Å². The Balaban J connectivity index is 2.53. The standard InChI is InChI=1S/C14H16BrN3O2/c1-16-13(9-6-7-17-18-8-9)10-4-5-11(19-2)12(15)14(10)20-3/h4-8,13,16H,1-3H3. The number of benzene rings is 1. The van der Waals surface area contributed by atoms with Gasteiger partial charge in [0.05, 0.1) is 26.5 Å². The van der Waals surface area contributed by atoms with Crippen LogP contribution < -0.4 is 14.8 Å². The van der Waals surface area contributed by atoms with Crippen LogP contribution in [-0.2, 0) is 0 Å². The second-order valence-corrected chi connectivity index (χ2v) is 4.89. The van der Waals surface area contributed by atoms with Gasteiger partial charge in [-0.05, 0) is 46.7 Å². The van der Waals surface area contributed by atoms with Crippen LogP contribution in [0.15, 0.2) is 35.1 Å². The second kappa shape index (κ2) is 6.67. The Hall–Kier alpha value is -1.66. The minimum absolute atomic E-state index is 0.0392. The van der Waals surface area contributed by atoms with Crippen molar-refractivity contribution in [2.75, 3.05) is 21.3 Å². The van der Waals surface area contributed by atoms with Gasteiger partial charge in [0.2, 0.25) is 0 Å². The van der Waals surface area contributed by atoms with Crippen molar-refractivity contribution in [3.63, 3.8) is 0 Å². The lowest BCUT2D eigenvalue weighted by atomic mass is 9.99. The predicted molar refractivity (Wildman–Crippen MR) is 80.2 cm³/mol. The Labute approximate surface area is 126 Å². The number of hydrogen-bond acceptors (Lipinski definition) is 5. The molecule has 0 aliphatic heterocycles. The molecule has 1 N–H and O–H groups in total. The molecule has 0 aliphatic rings. The fourth-order valence-corrected chi connectivity index (χ4v) is 2.80. The lowest BCUT2D eigenvalue weighted by molar-refractivity contribution is 0.383. The van der Waals surface area contributed by atoms with Gasteiger partial charge in [-0.3, -0.25) is 0 Å². The van der Waals surface area contributed by atoms with E-state index in [0.29, 0.717) is 0 Å². The fourth-order valence-electron chi connectivity index (χ4n) is 2.12. The van der Waals surface area contributed by atoms with Crippen LogP contribution in [-0.4, -0.2) is 31.5 Å². The van der Waals surface area contributed by atoms with Crippen LogP contribution in [0, 0.1) is 0 Å². The van der Waals surface area contributed by atoms with Crippen LogP contribution in [0.5, 0.6) is 11.5 Å². The Morgan fingerprint density at radius 2 is 1.95 bits per heavy atom. The van der Waals surface area contributed by atoms with Crippen molar-refractivity contribution in [2.24, 2.45) is 0 Å². The Morgan fingerprint density at radius 1 is 1.15 bits per heavy atom. The number of nitrogens with zero attached hydrogens (tertiary/aromatic N) is 2. The zero-order valence-electron chi connectivity index (χ0n) is 11.6. The molecule has 1 atom stereocenters. The molecule has 1 aromatic heterocycles. The van der Waals surface area contributed by atoms with Crippen LogP contribution >= 0.6 is 15.9 Å². The highest BCUT2D eigenvalue weighted by molar-refractivity contribution is 9.10. The van der Waals surface area contributed by atoms with Crippen molar-refractivity contribution in [1.82, 2.24) is 15.5 Å². The van der Waals surface area contributed by atoms with Crippen molar-refractivity contribution < 1.29 is 9.47 Å². The molecule has 2 rings (SSSR count). The highest BCUT2D eigenvalue weighted by atomic mass is 79.9. The summed E-state index contributed by atoms with van der Waals surface area (Å²) in [6.07, 6.45) is 3.41. The van der Waals surface area contributed by atoms with Crippen LogP contribution in [0.3, 0.4) is 0 Å². The molecule has 20 heavy (non-hydrogen) atoms. The fraction of sp³-hybridized carbons (Fsp3) is 0.286. The number of rotatable bonds is 5. The van der Waals surface area contributed by atoms with E-state index in [9.17, 15) is 0 Å². The predicted octanol–water partition coefficient (Wildman–Crippen LogP) is 2.57. The summed E-state index contributed by atoms with van der Waals surface area (Å²) < 4.78 is 11.6. The summed E-state index contributed by atoms with van der Waals surface area (Å²) in [7, 11) is 5.16. The smallest absolute Gasteiger partial charge is 0.141 e. The van der Waals surface area contributed by atoms with Gasteiger partial charge in [-0.2, -0.15) is 10.2 Å². The molecule has 0 fully saturated rings. The molecule has 2 aromatic rings. The molecule has 1 aromatic carbocycles. The zero-order valence-corrected chi connectivity index (χ0v) is 13.1. The van der Waals surface area contributed by atoms with Crippen molar-refractivity contribution in [2.45, 2.75) is 6.04 Å². The van der Waals surface area contributed by atoms with Gasteiger partial charge in [0.15, 0.2) is 0 Å². The SMILES string of the molecule is CNC(c1ccnnc1)c1ccc(OC)c(Br)c1OC. The topological polar surface area (TPSA) is 56.3 Å². The first-order chi connectivity index (χ1) is 9.72. The molecule has 6 heteroatoms. The number of hydrogen-bond donors (Lipinski definition) is 1.